The molecule has 0 spiro atoms. The zero-order valence-electron chi connectivity index (χ0n) is 14.8. The summed E-state index contributed by atoms with van der Waals surface area (Å²) in [5.74, 6) is 0.164. The highest BCUT2D eigenvalue weighted by molar-refractivity contribution is 5.94. The van der Waals surface area contributed by atoms with Crippen LogP contribution in [0.15, 0.2) is 60.7 Å². The fraction of sp³-hybridized carbons (Fsp3) is 0.381. The van der Waals surface area contributed by atoms with Crippen molar-refractivity contribution in [3.63, 3.8) is 0 Å². The Morgan fingerprint density at radius 1 is 0.731 bits per heavy atom. The second-order valence-electron chi connectivity index (χ2n) is 6.64. The molecule has 0 bridgehead atoms. The number of hydrogen-bond acceptors (Lipinski definition) is 5. The van der Waals surface area contributed by atoms with Gasteiger partial charge in [0.2, 0.25) is 0 Å². The molecule has 0 aliphatic carbocycles. The molecule has 0 aromatic heterocycles. The van der Waals surface area contributed by atoms with E-state index in [-0.39, 0.29) is 17.9 Å². The third-order valence-corrected chi connectivity index (χ3v) is 5.09. The van der Waals surface area contributed by atoms with Gasteiger partial charge < -0.3 is 19.3 Å². The number of benzene rings is 2. The van der Waals surface area contributed by atoms with E-state index in [9.17, 15) is 4.79 Å². The summed E-state index contributed by atoms with van der Waals surface area (Å²) >= 11 is 0. The first-order valence-corrected chi connectivity index (χ1v) is 9.17. The molecule has 0 amide bonds. The largest absolute Gasteiger partial charge is 0.377 e. The summed E-state index contributed by atoms with van der Waals surface area (Å²) in [4.78, 5) is 17.8. The van der Waals surface area contributed by atoms with E-state index in [1.54, 1.807) is 0 Å². The van der Waals surface area contributed by atoms with Crippen molar-refractivity contribution in [2.75, 3.05) is 49.3 Å². The molecule has 2 saturated heterocycles. The van der Waals surface area contributed by atoms with Gasteiger partial charge in [0.15, 0.2) is 5.78 Å². The second-order valence-corrected chi connectivity index (χ2v) is 6.64. The number of ether oxygens (including phenoxy) is 2. The first kappa shape index (κ1) is 17.1. The van der Waals surface area contributed by atoms with Crippen LogP contribution in [0.2, 0.25) is 0 Å². The topological polar surface area (TPSA) is 42.0 Å². The van der Waals surface area contributed by atoms with Crippen LogP contribution >= 0.6 is 0 Å². The van der Waals surface area contributed by atoms with Crippen molar-refractivity contribution in [3.05, 3.63) is 60.7 Å². The van der Waals surface area contributed by atoms with E-state index in [0.717, 1.165) is 24.5 Å². The number of para-hydroxylation sites is 2. The maximum Gasteiger partial charge on any atom is 0.182 e. The van der Waals surface area contributed by atoms with Crippen LogP contribution in [-0.2, 0) is 14.3 Å². The van der Waals surface area contributed by atoms with Gasteiger partial charge in [-0.2, -0.15) is 0 Å². The highest BCUT2D eigenvalue weighted by Gasteiger charge is 2.38. The third kappa shape index (κ3) is 3.45. The molecule has 2 aliphatic rings. The molecule has 2 atom stereocenters. The van der Waals surface area contributed by atoms with Gasteiger partial charge in [-0.25, -0.2) is 0 Å². The monoisotopic (exact) mass is 352 g/mol. The molecule has 2 fully saturated rings. The summed E-state index contributed by atoms with van der Waals surface area (Å²) < 4.78 is 11.3. The van der Waals surface area contributed by atoms with Gasteiger partial charge in [0, 0.05) is 24.5 Å². The second kappa shape index (κ2) is 7.89. The predicted octanol–water partition coefficient (Wildman–Crippen LogP) is 2.37. The first-order valence-electron chi connectivity index (χ1n) is 9.17. The molecule has 136 valence electrons. The number of ketones is 1. The number of hydrogen-bond donors (Lipinski definition) is 0. The molecule has 0 saturated carbocycles. The van der Waals surface area contributed by atoms with Crippen molar-refractivity contribution >= 4 is 17.2 Å². The van der Waals surface area contributed by atoms with Crippen LogP contribution in [0.1, 0.15) is 0 Å². The first-order chi connectivity index (χ1) is 12.8. The molecule has 2 aromatic rings. The lowest BCUT2D eigenvalue weighted by atomic mass is 10.00. The number of carbonyl (C=O) groups excluding carboxylic acids is 1. The minimum absolute atomic E-state index is 0.164. The van der Waals surface area contributed by atoms with E-state index in [0.29, 0.717) is 26.4 Å². The lowest BCUT2D eigenvalue weighted by Crippen LogP contribution is -2.59. The lowest BCUT2D eigenvalue weighted by Gasteiger charge is -2.42. The quantitative estimate of drug-likeness (QED) is 0.845. The number of nitrogens with zero attached hydrogens (tertiary/aromatic N) is 2. The fourth-order valence-corrected chi connectivity index (χ4v) is 3.76. The van der Waals surface area contributed by atoms with Crippen LogP contribution in [0.25, 0.3) is 0 Å². The zero-order valence-corrected chi connectivity index (χ0v) is 14.8. The summed E-state index contributed by atoms with van der Waals surface area (Å²) in [6, 6.07) is 19.6. The SMILES string of the molecule is O=C(C1COCCN1c1ccccc1)C1COCCN1c1ccccc1. The van der Waals surface area contributed by atoms with Gasteiger partial charge in [-0.05, 0) is 24.3 Å². The number of morpholine rings is 2. The average molecular weight is 352 g/mol. The molecular weight excluding hydrogens is 328 g/mol. The molecule has 0 radical (unpaired) electrons. The van der Waals surface area contributed by atoms with Gasteiger partial charge in [-0.15, -0.1) is 0 Å². The van der Waals surface area contributed by atoms with Crippen LogP contribution in [-0.4, -0.2) is 57.4 Å². The molecule has 5 nitrogen and oxygen atoms in total. The smallest absolute Gasteiger partial charge is 0.182 e. The van der Waals surface area contributed by atoms with Crippen molar-refractivity contribution in [1.29, 1.82) is 0 Å². The molecule has 2 aromatic carbocycles. The van der Waals surface area contributed by atoms with Gasteiger partial charge in [-0.1, -0.05) is 36.4 Å². The van der Waals surface area contributed by atoms with Crippen LogP contribution < -0.4 is 9.80 Å². The Labute approximate surface area is 154 Å². The van der Waals surface area contributed by atoms with Crippen molar-refractivity contribution in [2.45, 2.75) is 12.1 Å². The van der Waals surface area contributed by atoms with E-state index >= 15 is 0 Å². The Bertz CT molecular complexity index is 661. The Hall–Kier alpha value is -2.37. The Morgan fingerprint density at radius 2 is 1.15 bits per heavy atom. The highest BCUT2D eigenvalue weighted by Crippen LogP contribution is 2.25. The normalized spacial score (nSPS) is 23.7. The van der Waals surface area contributed by atoms with E-state index in [2.05, 4.69) is 34.1 Å². The molecule has 2 heterocycles. The van der Waals surface area contributed by atoms with Crippen LogP contribution in [0, 0.1) is 0 Å². The summed E-state index contributed by atoms with van der Waals surface area (Å²) in [6.45, 7) is 3.57. The van der Waals surface area contributed by atoms with E-state index in [1.165, 1.54) is 0 Å². The number of anilines is 2. The van der Waals surface area contributed by atoms with Crippen molar-refractivity contribution < 1.29 is 14.3 Å². The summed E-state index contributed by atoms with van der Waals surface area (Å²) in [6.07, 6.45) is 0. The zero-order chi connectivity index (χ0) is 17.8. The minimum atomic E-state index is -0.288. The maximum absolute atomic E-state index is 13.5. The molecular formula is C21H24N2O3. The maximum atomic E-state index is 13.5. The lowest BCUT2D eigenvalue weighted by molar-refractivity contribution is -0.126. The molecule has 0 N–H and O–H groups in total. The van der Waals surface area contributed by atoms with Crippen molar-refractivity contribution in [2.24, 2.45) is 0 Å². The summed E-state index contributed by atoms with van der Waals surface area (Å²) in [5, 5.41) is 0. The highest BCUT2D eigenvalue weighted by atomic mass is 16.5. The number of Topliss-reactive ketones (excluding diaryl/α,β-unsaturated/α-hetero) is 1. The van der Waals surface area contributed by atoms with Gasteiger partial charge in [0.1, 0.15) is 12.1 Å². The van der Waals surface area contributed by atoms with Crippen molar-refractivity contribution in [3.8, 4) is 0 Å². The Kier molecular flexibility index (Phi) is 5.18. The van der Waals surface area contributed by atoms with Crippen LogP contribution in [0.3, 0.4) is 0 Å². The molecule has 2 unspecified atom stereocenters. The molecule has 5 heteroatoms. The van der Waals surface area contributed by atoms with E-state index in [4.69, 9.17) is 9.47 Å². The van der Waals surface area contributed by atoms with Gasteiger partial charge in [-0.3, -0.25) is 4.79 Å². The molecule has 2 aliphatic heterocycles. The summed E-state index contributed by atoms with van der Waals surface area (Å²) in [7, 11) is 0. The van der Waals surface area contributed by atoms with Crippen LogP contribution in [0.5, 0.6) is 0 Å². The fourth-order valence-electron chi connectivity index (χ4n) is 3.76. The van der Waals surface area contributed by atoms with Gasteiger partial charge >= 0.3 is 0 Å². The number of rotatable bonds is 4. The molecule has 26 heavy (non-hydrogen) atoms. The Morgan fingerprint density at radius 3 is 1.58 bits per heavy atom. The summed E-state index contributed by atoms with van der Waals surface area (Å²) in [5.41, 5.74) is 2.13. The van der Waals surface area contributed by atoms with Crippen LogP contribution in [0.4, 0.5) is 11.4 Å². The Balaban J connectivity index is 1.59. The van der Waals surface area contributed by atoms with Gasteiger partial charge in [0.05, 0.1) is 26.4 Å². The minimum Gasteiger partial charge on any atom is -0.377 e. The average Bonchev–Trinajstić information content (AvgIpc) is 2.74. The molecule has 4 rings (SSSR count). The van der Waals surface area contributed by atoms with Crippen molar-refractivity contribution in [1.82, 2.24) is 0 Å². The predicted molar refractivity (Wildman–Crippen MR) is 102 cm³/mol. The van der Waals surface area contributed by atoms with E-state index in [1.807, 2.05) is 36.4 Å². The number of carbonyl (C=O) groups is 1. The van der Waals surface area contributed by atoms with Gasteiger partial charge in [0.25, 0.3) is 0 Å². The standard InChI is InChI=1S/C21H24N2O3/c24-21(19-15-25-13-11-22(19)17-7-3-1-4-8-17)20-16-26-14-12-23(20)18-9-5-2-6-10-18/h1-10,19-20H,11-16H2. The third-order valence-electron chi connectivity index (χ3n) is 5.09. The van der Waals surface area contributed by atoms with E-state index < -0.39 is 0 Å².